The van der Waals surface area contributed by atoms with Gasteiger partial charge in [0, 0.05) is 0 Å². The van der Waals surface area contributed by atoms with Gasteiger partial charge in [-0.2, -0.15) is 8.42 Å². The molecule has 2 N–H and O–H groups in total. The Labute approximate surface area is 133 Å². The van der Waals surface area contributed by atoms with E-state index in [1.165, 1.54) is 0 Å². The van der Waals surface area contributed by atoms with E-state index < -0.39 is 32.5 Å². The van der Waals surface area contributed by atoms with Crippen LogP contribution < -0.4 is 29.6 Å². The third-order valence-electron chi connectivity index (χ3n) is 2.01. The molecule has 0 aliphatic carbocycles. The van der Waals surface area contributed by atoms with E-state index >= 15 is 0 Å². The summed E-state index contributed by atoms with van der Waals surface area (Å²) in [6.07, 6.45) is 0. The maximum absolute atomic E-state index is 11.4. The van der Waals surface area contributed by atoms with E-state index in [1.807, 2.05) is 0 Å². The maximum atomic E-state index is 11.4. The normalized spacial score (nSPS) is 10.4. The minimum Gasteiger partial charge on any atom is -1.00 e. The summed E-state index contributed by atoms with van der Waals surface area (Å²) in [4.78, 5) is 21.8. The number of carboxylic acid groups (broad SMARTS) is 1. The summed E-state index contributed by atoms with van der Waals surface area (Å²) >= 11 is 0. The number of hydrogen-bond acceptors (Lipinski definition) is 5. The van der Waals surface area contributed by atoms with Crippen molar-refractivity contribution in [2.45, 2.75) is 11.8 Å². The molecule has 0 saturated heterocycles. The topological polar surface area (TPSA) is 118 Å². The molecule has 19 heavy (non-hydrogen) atoms. The average molecular weight is 298 g/mol. The average Bonchev–Trinajstić information content (AvgIpc) is 2.27. The number of aromatic carboxylic acids is 1. The van der Waals surface area contributed by atoms with E-state index in [0.717, 1.165) is 12.1 Å². The smallest absolute Gasteiger partial charge is 1.00 e. The van der Waals surface area contributed by atoms with Crippen LogP contribution >= 0.6 is 0 Å². The van der Waals surface area contributed by atoms with Gasteiger partial charge in [0.2, 0.25) is 0 Å². The quantitative estimate of drug-likeness (QED) is 0.372. The monoisotopic (exact) mass is 298 g/mol. The van der Waals surface area contributed by atoms with Crippen LogP contribution in [-0.4, -0.2) is 36.6 Å². The first-order chi connectivity index (χ1) is 8.27. The van der Waals surface area contributed by atoms with Crippen molar-refractivity contribution >= 4 is 22.1 Å². The third kappa shape index (κ3) is 4.59. The first-order valence-electron chi connectivity index (χ1n) is 4.79. The van der Waals surface area contributed by atoms with Crippen molar-refractivity contribution in [1.29, 1.82) is 0 Å². The van der Waals surface area contributed by atoms with Crippen molar-refractivity contribution in [1.82, 2.24) is 0 Å². The summed E-state index contributed by atoms with van der Waals surface area (Å²) in [5, 5.41) is 8.89. The van der Waals surface area contributed by atoms with Gasteiger partial charge in [-0.05, 0) is 25.1 Å². The number of carbonyl (C=O) groups excluding carboxylic acids is 1. The number of esters is 1. The second kappa shape index (κ2) is 7.01. The van der Waals surface area contributed by atoms with Gasteiger partial charge in [-0.1, -0.05) is 0 Å². The van der Waals surface area contributed by atoms with Crippen LogP contribution in [0, 0.1) is 0 Å². The Morgan fingerprint density at radius 1 is 1.32 bits per heavy atom. The number of ether oxygens (including phenoxy) is 1. The van der Waals surface area contributed by atoms with Crippen molar-refractivity contribution in [3.63, 3.8) is 0 Å². The van der Waals surface area contributed by atoms with E-state index in [2.05, 4.69) is 4.74 Å². The number of benzene rings is 1. The molecule has 0 fully saturated rings. The molecule has 1 rings (SSSR count). The molecule has 0 unspecified atom stereocenters. The first kappa shape index (κ1) is 18.1. The maximum Gasteiger partial charge on any atom is 1.00 e. The fourth-order valence-corrected chi connectivity index (χ4v) is 1.75. The fraction of sp³-hybridized carbons (Fsp3) is 0.200. The van der Waals surface area contributed by atoms with Crippen molar-refractivity contribution < 1.29 is 63.4 Å². The van der Waals surface area contributed by atoms with Crippen LogP contribution in [0.25, 0.3) is 0 Å². The molecule has 0 aliphatic heterocycles. The van der Waals surface area contributed by atoms with Crippen molar-refractivity contribution in [2.24, 2.45) is 0 Å². The van der Waals surface area contributed by atoms with Crippen LogP contribution in [0.1, 0.15) is 29.1 Å². The minimum absolute atomic E-state index is 0. The van der Waals surface area contributed by atoms with E-state index in [4.69, 9.17) is 9.66 Å². The van der Waals surface area contributed by atoms with Crippen molar-refractivity contribution in [2.75, 3.05) is 6.61 Å². The molecule has 0 bridgehead atoms. The van der Waals surface area contributed by atoms with Gasteiger partial charge in [-0.15, -0.1) is 0 Å². The molecule has 0 saturated carbocycles. The number of carbonyl (C=O) groups is 2. The Morgan fingerprint density at radius 2 is 1.89 bits per heavy atom. The van der Waals surface area contributed by atoms with Crippen LogP contribution in [0.2, 0.25) is 0 Å². The number of hydrogen-bond donors (Lipinski definition) is 2. The Bertz CT molecular complexity index is 600. The SMILES string of the molecule is CCOC(=O)c1ccc(S(=O)(=O)O)cc1C(=O)O.[H-].[Na+]. The molecule has 9 heteroatoms. The third-order valence-corrected chi connectivity index (χ3v) is 2.86. The van der Waals surface area contributed by atoms with Gasteiger partial charge in [0.15, 0.2) is 0 Å². The van der Waals surface area contributed by atoms with Crippen LogP contribution in [0.5, 0.6) is 0 Å². The number of rotatable bonds is 4. The Morgan fingerprint density at radius 3 is 2.32 bits per heavy atom. The van der Waals surface area contributed by atoms with E-state index in [-0.39, 0.29) is 43.2 Å². The molecule has 0 aromatic heterocycles. The molecule has 1 aromatic carbocycles. The summed E-state index contributed by atoms with van der Waals surface area (Å²) in [7, 11) is -4.53. The summed E-state index contributed by atoms with van der Waals surface area (Å²) < 4.78 is 35.1. The van der Waals surface area contributed by atoms with Gasteiger partial charge in [0.05, 0.1) is 22.6 Å². The molecule has 7 nitrogen and oxygen atoms in total. The summed E-state index contributed by atoms with van der Waals surface area (Å²) in [6, 6.07) is 2.60. The molecule has 0 aliphatic rings. The summed E-state index contributed by atoms with van der Waals surface area (Å²) in [6.45, 7) is 1.60. The van der Waals surface area contributed by atoms with Crippen molar-refractivity contribution in [3.8, 4) is 0 Å². The van der Waals surface area contributed by atoms with Gasteiger partial charge in [-0.3, -0.25) is 4.55 Å². The summed E-state index contributed by atoms with van der Waals surface area (Å²) in [5.74, 6) is -2.37. The molecule has 0 heterocycles. The second-order valence-corrected chi connectivity index (χ2v) is 4.63. The minimum atomic E-state index is -4.53. The van der Waals surface area contributed by atoms with Crippen LogP contribution in [-0.2, 0) is 14.9 Å². The van der Waals surface area contributed by atoms with Crippen LogP contribution in [0.3, 0.4) is 0 Å². The van der Waals surface area contributed by atoms with Gasteiger partial charge in [0.25, 0.3) is 10.1 Å². The molecule has 1 aromatic rings. The summed E-state index contributed by atoms with van der Waals surface area (Å²) in [5.41, 5.74) is -0.833. The molecule has 0 radical (unpaired) electrons. The molecular formula is C10H11NaO7S. The van der Waals surface area contributed by atoms with Crippen LogP contribution in [0.15, 0.2) is 23.1 Å². The standard InChI is InChI=1S/C10H10O7S.Na.H/c1-2-17-10(13)7-4-3-6(18(14,15)16)5-8(7)9(11)12;;/h3-5H,2H2,1H3,(H,11,12)(H,14,15,16);;/q;+1;-1. The largest absolute Gasteiger partial charge is 1.00 e. The van der Waals surface area contributed by atoms with E-state index in [1.54, 1.807) is 6.92 Å². The van der Waals surface area contributed by atoms with E-state index in [0.29, 0.717) is 6.07 Å². The predicted octanol–water partition coefficient (Wildman–Crippen LogP) is -2.08. The van der Waals surface area contributed by atoms with Crippen LogP contribution in [0.4, 0.5) is 0 Å². The Kier molecular flexibility index (Phi) is 6.67. The Hall–Kier alpha value is -0.930. The molecule has 0 amide bonds. The molecule has 0 atom stereocenters. The molecule has 100 valence electrons. The zero-order valence-corrected chi connectivity index (χ0v) is 13.1. The zero-order chi connectivity index (χ0) is 13.9. The molecular weight excluding hydrogens is 287 g/mol. The zero-order valence-electron chi connectivity index (χ0n) is 11.3. The second-order valence-electron chi connectivity index (χ2n) is 3.21. The van der Waals surface area contributed by atoms with Gasteiger partial charge >= 0.3 is 41.5 Å². The van der Waals surface area contributed by atoms with Gasteiger partial charge in [0.1, 0.15) is 0 Å². The predicted molar refractivity (Wildman–Crippen MR) is 60.3 cm³/mol. The first-order valence-corrected chi connectivity index (χ1v) is 6.23. The number of carboxylic acids is 1. The Balaban J connectivity index is 0. The van der Waals surface area contributed by atoms with E-state index in [9.17, 15) is 18.0 Å². The van der Waals surface area contributed by atoms with Gasteiger partial charge < -0.3 is 11.3 Å². The fourth-order valence-electron chi connectivity index (χ4n) is 1.25. The molecule has 0 spiro atoms. The van der Waals surface area contributed by atoms with Gasteiger partial charge in [-0.25, -0.2) is 9.59 Å². The van der Waals surface area contributed by atoms with Crippen molar-refractivity contribution in [3.05, 3.63) is 29.3 Å².